The molecule has 12 heteroatoms. The average molecular weight is 505 g/mol. The molecule has 3 aliphatic carbocycles. The molecule has 4 aromatic rings. The molecule has 2 bridgehead atoms. The Hall–Kier alpha value is -4.35. The van der Waals surface area contributed by atoms with Gasteiger partial charge in [0.2, 0.25) is 0 Å². The summed E-state index contributed by atoms with van der Waals surface area (Å²) in [5.41, 5.74) is 6.01. The van der Waals surface area contributed by atoms with E-state index in [0.717, 1.165) is 31.2 Å². The van der Waals surface area contributed by atoms with Gasteiger partial charge in [0.1, 0.15) is 17.5 Å². The van der Waals surface area contributed by atoms with Crippen molar-refractivity contribution in [3.05, 3.63) is 69.7 Å². The van der Waals surface area contributed by atoms with Crippen molar-refractivity contribution in [3.8, 4) is 0 Å². The maximum atomic E-state index is 13.9. The van der Waals surface area contributed by atoms with E-state index < -0.39 is 17.6 Å². The molecule has 2 amide bonds. The van der Waals surface area contributed by atoms with Crippen LogP contribution in [0.3, 0.4) is 0 Å². The molecule has 3 fully saturated rings. The summed E-state index contributed by atoms with van der Waals surface area (Å²) in [7, 11) is 1.66. The normalized spacial score (nSPS) is 21.9. The minimum Gasteiger partial charge on any atom is -0.366 e. The molecule has 7 rings (SSSR count). The Morgan fingerprint density at radius 3 is 2.57 bits per heavy atom. The number of nitrogens with two attached hydrogens (primary N) is 1. The summed E-state index contributed by atoms with van der Waals surface area (Å²) < 4.78 is 19.0. The molecule has 3 saturated carbocycles. The zero-order chi connectivity index (χ0) is 26.3. The number of pyridine rings is 1. The SMILES string of the molecule is CCn1c(C23CC(n4c(C)nn(C)c4=O)(C2)C3)nc2ccnc(C(=O)Nc3ccc(F)c(C(N)=O)c3)c21. The summed E-state index contributed by atoms with van der Waals surface area (Å²) >= 11 is 0. The number of amides is 2. The van der Waals surface area contributed by atoms with Crippen LogP contribution in [0.2, 0.25) is 0 Å². The molecule has 3 aromatic heterocycles. The number of primary amides is 1. The lowest BCUT2D eigenvalue weighted by atomic mass is 9.39. The van der Waals surface area contributed by atoms with Gasteiger partial charge >= 0.3 is 5.69 Å². The van der Waals surface area contributed by atoms with Gasteiger partial charge in [0.05, 0.1) is 22.1 Å². The van der Waals surface area contributed by atoms with E-state index in [-0.39, 0.29) is 33.6 Å². The zero-order valence-electron chi connectivity index (χ0n) is 20.6. The Labute approximate surface area is 210 Å². The maximum absolute atomic E-state index is 13.9. The van der Waals surface area contributed by atoms with Crippen molar-refractivity contribution in [2.45, 2.75) is 50.6 Å². The lowest BCUT2D eigenvalue weighted by Crippen LogP contribution is -2.72. The number of nitrogens with one attached hydrogen (secondary N) is 1. The standard InChI is InChI=1S/C25H25FN8O3/c1-4-33-19-17(7-8-28-18(19)21(36)29-14-5-6-16(26)15(9-14)20(27)35)30-22(33)24-10-25(11-24,12-24)34-13(2)31-32(3)23(34)37/h5-9H,4,10-12H2,1-3H3,(H2,27,35)(H,29,36). The second-order valence-electron chi connectivity index (χ2n) is 10.0. The van der Waals surface area contributed by atoms with Gasteiger partial charge in [-0.25, -0.2) is 23.8 Å². The Kier molecular flexibility index (Phi) is 4.72. The van der Waals surface area contributed by atoms with E-state index in [1.165, 1.54) is 23.0 Å². The molecule has 3 N–H and O–H groups in total. The van der Waals surface area contributed by atoms with E-state index in [4.69, 9.17) is 10.7 Å². The van der Waals surface area contributed by atoms with Crippen LogP contribution in [0.4, 0.5) is 10.1 Å². The van der Waals surface area contributed by atoms with E-state index in [2.05, 4.69) is 15.4 Å². The highest BCUT2D eigenvalue weighted by molar-refractivity contribution is 6.10. The smallest absolute Gasteiger partial charge is 0.346 e. The van der Waals surface area contributed by atoms with E-state index in [9.17, 15) is 18.8 Å². The molecule has 37 heavy (non-hydrogen) atoms. The van der Waals surface area contributed by atoms with Crippen molar-refractivity contribution < 1.29 is 14.0 Å². The van der Waals surface area contributed by atoms with Crippen molar-refractivity contribution >= 4 is 28.5 Å². The summed E-state index contributed by atoms with van der Waals surface area (Å²) in [6.45, 7) is 4.40. The van der Waals surface area contributed by atoms with Crippen molar-refractivity contribution in [3.63, 3.8) is 0 Å². The Bertz CT molecular complexity index is 1680. The first kappa shape index (κ1) is 23.1. The molecule has 0 spiro atoms. The fraction of sp³-hybridized carbons (Fsp3) is 0.360. The second-order valence-corrected chi connectivity index (χ2v) is 10.0. The number of carbonyl (C=O) groups excluding carboxylic acids is 2. The summed E-state index contributed by atoms with van der Waals surface area (Å²) in [6.07, 6.45) is 3.85. The molecular formula is C25H25FN8O3. The summed E-state index contributed by atoms with van der Waals surface area (Å²) in [6, 6.07) is 5.39. The average Bonchev–Trinajstić information content (AvgIpc) is 3.30. The number of fused-ring (bicyclic) bond motifs is 1. The van der Waals surface area contributed by atoms with Gasteiger partial charge in [0.15, 0.2) is 5.69 Å². The number of hydrogen-bond acceptors (Lipinski definition) is 6. The number of aromatic nitrogens is 6. The number of carbonyl (C=O) groups is 2. The van der Waals surface area contributed by atoms with Crippen LogP contribution in [0.25, 0.3) is 11.0 Å². The van der Waals surface area contributed by atoms with Crippen LogP contribution in [0.15, 0.2) is 35.3 Å². The third-order valence-electron chi connectivity index (χ3n) is 7.71. The number of halogens is 1. The van der Waals surface area contributed by atoms with Gasteiger partial charge in [-0.05, 0) is 57.4 Å². The molecule has 0 unspecified atom stereocenters. The molecule has 3 heterocycles. The molecule has 1 aromatic carbocycles. The third-order valence-corrected chi connectivity index (χ3v) is 7.71. The fourth-order valence-electron chi connectivity index (χ4n) is 6.28. The monoisotopic (exact) mass is 504 g/mol. The van der Waals surface area contributed by atoms with Crippen LogP contribution in [0, 0.1) is 12.7 Å². The molecule has 190 valence electrons. The molecule has 0 atom stereocenters. The number of aryl methyl sites for hydroxylation is 3. The fourth-order valence-corrected chi connectivity index (χ4v) is 6.28. The highest BCUT2D eigenvalue weighted by atomic mass is 19.1. The third kappa shape index (κ3) is 3.11. The lowest BCUT2D eigenvalue weighted by molar-refractivity contribution is -0.134. The van der Waals surface area contributed by atoms with Gasteiger partial charge < -0.3 is 15.6 Å². The Morgan fingerprint density at radius 2 is 1.95 bits per heavy atom. The Balaban J connectivity index is 1.34. The van der Waals surface area contributed by atoms with Crippen LogP contribution >= 0.6 is 0 Å². The quantitative estimate of drug-likeness (QED) is 0.411. The zero-order valence-corrected chi connectivity index (χ0v) is 20.6. The van der Waals surface area contributed by atoms with E-state index in [1.54, 1.807) is 17.7 Å². The molecule has 11 nitrogen and oxygen atoms in total. The van der Waals surface area contributed by atoms with Crippen LogP contribution in [-0.4, -0.2) is 40.7 Å². The summed E-state index contributed by atoms with van der Waals surface area (Å²) in [5.74, 6) is -0.628. The van der Waals surface area contributed by atoms with Crippen LogP contribution in [-0.2, 0) is 24.5 Å². The first-order valence-corrected chi connectivity index (χ1v) is 12.0. The maximum Gasteiger partial charge on any atom is 0.346 e. The Morgan fingerprint density at radius 1 is 1.22 bits per heavy atom. The first-order chi connectivity index (χ1) is 17.6. The predicted octanol–water partition coefficient (Wildman–Crippen LogP) is 1.98. The molecule has 0 radical (unpaired) electrons. The molecule has 0 aliphatic heterocycles. The molecule has 0 saturated heterocycles. The van der Waals surface area contributed by atoms with Crippen molar-refractivity contribution in [1.29, 1.82) is 0 Å². The van der Waals surface area contributed by atoms with Crippen LogP contribution in [0.5, 0.6) is 0 Å². The lowest BCUT2D eigenvalue weighted by Gasteiger charge is -2.69. The first-order valence-electron chi connectivity index (χ1n) is 12.0. The van der Waals surface area contributed by atoms with Gasteiger partial charge in [-0.1, -0.05) is 0 Å². The molecule has 3 aliphatic rings. The van der Waals surface area contributed by atoms with E-state index in [1.807, 2.05) is 18.4 Å². The van der Waals surface area contributed by atoms with Gasteiger partial charge in [-0.15, -0.1) is 0 Å². The van der Waals surface area contributed by atoms with Crippen molar-refractivity contribution in [2.75, 3.05) is 5.32 Å². The minimum absolute atomic E-state index is 0.113. The minimum atomic E-state index is -0.928. The van der Waals surface area contributed by atoms with Crippen LogP contribution < -0.4 is 16.7 Å². The molecular weight excluding hydrogens is 479 g/mol. The predicted molar refractivity (Wildman–Crippen MR) is 132 cm³/mol. The number of imidazole rings is 1. The van der Waals surface area contributed by atoms with E-state index >= 15 is 0 Å². The highest BCUT2D eigenvalue weighted by Crippen LogP contribution is 2.71. The topological polar surface area (TPSA) is 143 Å². The van der Waals surface area contributed by atoms with Crippen molar-refractivity contribution in [2.24, 2.45) is 12.8 Å². The second kappa shape index (κ2) is 7.58. The van der Waals surface area contributed by atoms with Gasteiger partial charge in [0.25, 0.3) is 11.8 Å². The summed E-state index contributed by atoms with van der Waals surface area (Å²) in [5, 5.41) is 6.97. The number of anilines is 1. The van der Waals surface area contributed by atoms with E-state index in [0.29, 0.717) is 23.4 Å². The highest BCUT2D eigenvalue weighted by Gasteiger charge is 2.72. The van der Waals surface area contributed by atoms with Crippen LogP contribution in [0.1, 0.15) is 58.7 Å². The number of benzene rings is 1. The number of rotatable bonds is 6. The van der Waals surface area contributed by atoms with Gasteiger partial charge in [-0.2, -0.15) is 5.10 Å². The van der Waals surface area contributed by atoms with Gasteiger partial charge in [-0.3, -0.25) is 14.2 Å². The van der Waals surface area contributed by atoms with Crippen molar-refractivity contribution in [1.82, 2.24) is 28.9 Å². The summed E-state index contributed by atoms with van der Waals surface area (Å²) in [4.78, 5) is 46.6. The number of nitrogens with zero attached hydrogens (tertiary/aromatic N) is 6. The number of hydrogen-bond donors (Lipinski definition) is 2. The largest absolute Gasteiger partial charge is 0.366 e. The van der Waals surface area contributed by atoms with Gasteiger partial charge in [0, 0.05) is 30.9 Å².